The molecule has 0 heterocycles. The zero-order chi connectivity index (χ0) is 20.6. The van der Waals surface area contributed by atoms with E-state index in [2.05, 4.69) is 16.7 Å². The minimum atomic E-state index is -0.687. The number of benzene rings is 2. The number of carbonyl (C=O) groups is 2. The summed E-state index contributed by atoms with van der Waals surface area (Å²) in [6.07, 6.45) is 3.67. The lowest BCUT2D eigenvalue weighted by molar-refractivity contribution is -0.122. The topological polar surface area (TPSA) is 76.7 Å². The fraction of sp³-hybridized carbons (Fsp3) is 0.391. The van der Waals surface area contributed by atoms with Gasteiger partial charge in [-0.25, -0.2) is 0 Å². The van der Waals surface area contributed by atoms with Gasteiger partial charge in [-0.15, -0.1) is 0 Å². The first-order chi connectivity index (χ1) is 14.1. The van der Waals surface area contributed by atoms with Crippen molar-refractivity contribution >= 4 is 17.5 Å². The highest BCUT2D eigenvalue weighted by Crippen LogP contribution is 2.30. The van der Waals surface area contributed by atoms with Crippen LogP contribution >= 0.6 is 0 Å². The fourth-order valence-corrected chi connectivity index (χ4v) is 3.49. The van der Waals surface area contributed by atoms with Crippen LogP contribution in [0.3, 0.4) is 0 Å². The SMILES string of the molecule is COCCNC(=O)c1ccccc1NC(=O)C(C)Oc1cccc2c1CCCC2. The number of aryl methyl sites for hydroxylation is 1. The molecular weight excluding hydrogens is 368 g/mol. The Bertz CT molecular complexity index is 866. The number of fused-ring (bicyclic) bond motifs is 1. The van der Waals surface area contributed by atoms with E-state index in [0.717, 1.165) is 25.0 Å². The molecule has 0 saturated carbocycles. The minimum absolute atomic E-state index is 0.261. The van der Waals surface area contributed by atoms with Crippen LogP contribution in [0.5, 0.6) is 5.75 Å². The summed E-state index contributed by atoms with van der Waals surface area (Å²) >= 11 is 0. The van der Waals surface area contributed by atoms with Crippen LogP contribution in [-0.2, 0) is 22.4 Å². The first-order valence-electron chi connectivity index (χ1n) is 10.0. The predicted octanol–water partition coefficient (Wildman–Crippen LogP) is 3.35. The molecule has 2 N–H and O–H groups in total. The third-order valence-electron chi connectivity index (χ3n) is 5.05. The van der Waals surface area contributed by atoms with Gasteiger partial charge < -0.3 is 20.1 Å². The Labute approximate surface area is 171 Å². The van der Waals surface area contributed by atoms with Crippen LogP contribution in [0, 0.1) is 0 Å². The van der Waals surface area contributed by atoms with E-state index in [1.54, 1.807) is 38.3 Å². The number of methoxy groups -OCH3 is 1. The predicted molar refractivity (Wildman–Crippen MR) is 112 cm³/mol. The summed E-state index contributed by atoms with van der Waals surface area (Å²) in [5, 5.41) is 5.60. The van der Waals surface area contributed by atoms with E-state index in [1.165, 1.54) is 17.5 Å². The second kappa shape index (κ2) is 10.1. The number of hydrogen-bond donors (Lipinski definition) is 2. The molecular formula is C23H28N2O4. The molecule has 0 aliphatic heterocycles. The maximum Gasteiger partial charge on any atom is 0.265 e. The Morgan fingerprint density at radius 3 is 2.69 bits per heavy atom. The summed E-state index contributed by atoms with van der Waals surface area (Å²) in [6.45, 7) is 2.54. The van der Waals surface area contributed by atoms with E-state index in [-0.39, 0.29) is 11.8 Å². The molecule has 1 atom stereocenters. The van der Waals surface area contributed by atoms with Gasteiger partial charge in [0.15, 0.2) is 6.10 Å². The Morgan fingerprint density at radius 1 is 1.07 bits per heavy atom. The van der Waals surface area contributed by atoms with Crippen molar-refractivity contribution in [1.82, 2.24) is 5.32 Å². The summed E-state index contributed by atoms with van der Waals surface area (Å²) in [5.41, 5.74) is 3.37. The Morgan fingerprint density at radius 2 is 1.86 bits per heavy atom. The maximum atomic E-state index is 12.7. The van der Waals surface area contributed by atoms with E-state index < -0.39 is 6.10 Å². The molecule has 2 aromatic rings. The summed E-state index contributed by atoms with van der Waals surface area (Å²) in [6, 6.07) is 13.0. The normalized spacial score (nSPS) is 13.9. The summed E-state index contributed by atoms with van der Waals surface area (Å²) in [5.74, 6) is 0.217. The molecule has 0 spiro atoms. The van der Waals surface area contributed by atoms with Crippen molar-refractivity contribution in [2.24, 2.45) is 0 Å². The molecule has 6 heteroatoms. The Kier molecular flexibility index (Phi) is 7.25. The highest BCUT2D eigenvalue weighted by Gasteiger charge is 2.21. The lowest BCUT2D eigenvalue weighted by atomic mass is 9.91. The number of anilines is 1. The van der Waals surface area contributed by atoms with E-state index in [9.17, 15) is 9.59 Å². The van der Waals surface area contributed by atoms with Crippen LogP contribution in [0.15, 0.2) is 42.5 Å². The number of rotatable bonds is 8. The largest absolute Gasteiger partial charge is 0.481 e. The third-order valence-corrected chi connectivity index (χ3v) is 5.05. The lowest BCUT2D eigenvalue weighted by Crippen LogP contribution is -2.32. The average Bonchev–Trinajstić information content (AvgIpc) is 2.74. The van der Waals surface area contributed by atoms with Gasteiger partial charge in [0.25, 0.3) is 11.8 Å². The van der Waals surface area contributed by atoms with E-state index in [1.807, 2.05) is 12.1 Å². The first kappa shape index (κ1) is 20.9. The molecule has 0 saturated heterocycles. The van der Waals surface area contributed by atoms with E-state index in [4.69, 9.17) is 9.47 Å². The maximum absolute atomic E-state index is 12.7. The second-order valence-corrected chi connectivity index (χ2v) is 7.14. The molecule has 1 unspecified atom stereocenters. The molecule has 0 fully saturated rings. The summed E-state index contributed by atoms with van der Waals surface area (Å²) < 4.78 is 10.9. The van der Waals surface area contributed by atoms with Crippen LogP contribution in [-0.4, -0.2) is 38.2 Å². The number of amides is 2. The highest BCUT2D eigenvalue weighted by molar-refractivity contribution is 6.04. The summed E-state index contributed by atoms with van der Waals surface area (Å²) in [4.78, 5) is 25.1. The lowest BCUT2D eigenvalue weighted by Gasteiger charge is -2.22. The Balaban J connectivity index is 1.67. The van der Waals surface area contributed by atoms with Gasteiger partial charge in [0.2, 0.25) is 0 Å². The standard InChI is InChI=1S/C23H28N2O4/c1-16(29-21-13-7-9-17-8-3-4-10-18(17)21)22(26)25-20-12-6-5-11-19(20)23(27)24-14-15-28-2/h5-7,9,11-13,16H,3-4,8,10,14-15H2,1-2H3,(H,24,27)(H,25,26). The molecule has 154 valence electrons. The molecule has 1 aliphatic carbocycles. The first-order valence-corrected chi connectivity index (χ1v) is 10.0. The molecule has 6 nitrogen and oxygen atoms in total. The minimum Gasteiger partial charge on any atom is -0.481 e. The molecule has 2 amide bonds. The van der Waals surface area contributed by atoms with Gasteiger partial charge in [0, 0.05) is 13.7 Å². The number of nitrogens with one attached hydrogen (secondary N) is 2. The number of ether oxygens (including phenoxy) is 2. The highest BCUT2D eigenvalue weighted by atomic mass is 16.5. The van der Waals surface area contributed by atoms with Crippen LogP contribution < -0.4 is 15.4 Å². The van der Waals surface area contributed by atoms with Crippen molar-refractivity contribution in [1.29, 1.82) is 0 Å². The molecule has 3 rings (SSSR count). The van der Waals surface area contributed by atoms with Gasteiger partial charge in [-0.1, -0.05) is 24.3 Å². The number of carbonyl (C=O) groups excluding carboxylic acids is 2. The molecule has 2 aromatic carbocycles. The third kappa shape index (κ3) is 5.35. The van der Waals surface area contributed by atoms with Gasteiger partial charge in [0.1, 0.15) is 5.75 Å². The number of para-hydroxylation sites is 1. The van der Waals surface area contributed by atoms with Gasteiger partial charge in [-0.2, -0.15) is 0 Å². The van der Waals surface area contributed by atoms with Gasteiger partial charge in [0.05, 0.1) is 17.9 Å². The molecule has 29 heavy (non-hydrogen) atoms. The van der Waals surface area contributed by atoms with Gasteiger partial charge in [-0.3, -0.25) is 9.59 Å². The van der Waals surface area contributed by atoms with Crippen molar-refractivity contribution in [3.05, 3.63) is 59.2 Å². The van der Waals surface area contributed by atoms with Crippen LogP contribution in [0.25, 0.3) is 0 Å². The molecule has 0 aromatic heterocycles. The average molecular weight is 396 g/mol. The van der Waals surface area contributed by atoms with Crippen molar-refractivity contribution in [3.8, 4) is 5.75 Å². The van der Waals surface area contributed by atoms with Crippen molar-refractivity contribution < 1.29 is 19.1 Å². The van der Waals surface area contributed by atoms with Crippen molar-refractivity contribution in [2.45, 2.75) is 38.7 Å². The van der Waals surface area contributed by atoms with Crippen molar-refractivity contribution in [2.75, 3.05) is 25.6 Å². The fourth-order valence-electron chi connectivity index (χ4n) is 3.49. The molecule has 0 radical (unpaired) electrons. The van der Waals surface area contributed by atoms with E-state index >= 15 is 0 Å². The zero-order valence-corrected chi connectivity index (χ0v) is 17.0. The Hall–Kier alpha value is -2.86. The summed E-state index contributed by atoms with van der Waals surface area (Å²) in [7, 11) is 1.57. The number of hydrogen-bond acceptors (Lipinski definition) is 4. The monoisotopic (exact) mass is 396 g/mol. The second-order valence-electron chi connectivity index (χ2n) is 7.14. The quantitative estimate of drug-likeness (QED) is 0.671. The molecule has 1 aliphatic rings. The van der Waals surface area contributed by atoms with Crippen molar-refractivity contribution in [3.63, 3.8) is 0 Å². The smallest absolute Gasteiger partial charge is 0.265 e. The van der Waals surface area contributed by atoms with Crippen LogP contribution in [0.2, 0.25) is 0 Å². The van der Waals surface area contributed by atoms with Gasteiger partial charge >= 0.3 is 0 Å². The van der Waals surface area contributed by atoms with E-state index in [0.29, 0.717) is 24.4 Å². The zero-order valence-electron chi connectivity index (χ0n) is 17.0. The van der Waals surface area contributed by atoms with Crippen LogP contribution in [0.1, 0.15) is 41.3 Å². The van der Waals surface area contributed by atoms with Crippen LogP contribution in [0.4, 0.5) is 5.69 Å². The van der Waals surface area contributed by atoms with Gasteiger partial charge in [-0.05, 0) is 61.9 Å². The molecule has 0 bridgehead atoms.